The van der Waals surface area contributed by atoms with Crippen LogP contribution in [0.1, 0.15) is 38.5 Å². The molecule has 2 fully saturated rings. The third-order valence-corrected chi connectivity index (χ3v) is 4.64. The summed E-state index contributed by atoms with van der Waals surface area (Å²) in [5.41, 5.74) is 5.25. The van der Waals surface area contributed by atoms with Crippen molar-refractivity contribution in [2.45, 2.75) is 50.2 Å². The summed E-state index contributed by atoms with van der Waals surface area (Å²) in [6.07, 6.45) is -0.646. The minimum absolute atomic E-state index is 0.0760. The Bertz CT molecular complexity index is 426. The molecule has 126 valence electrons. The van der Waals surface area contributed by atoms with Crippen LogP contribution in [0.4, 0.5) is 13.2 Å². The molecule has 0 aromatic rings. The van der Waals surface area contributed by atoms with E-state index in [4.69, 9.17) is 5.73 Å². The second kappa shape index (κ2) is 6.44. The molecule has 0 atom stereocenters. The summed E-state index contributed by atoms with van der Waals surface area (Å²) in [7, 11) is 0. The highest BCUT2D eigenvalue weighted by Crippen LogP contribution is 2.28. The number of carbonyl (C=O) groups excluding carboxylic acids is 2. The Balaban J connectivity index is 1.74. The monoisotopic (exact) mass is 321 g/mol. The number of rotatable bonds is 3. The number of halogens is 3. The van der Waals surface area contributed by atoms with Crippen LogP contribution in [0.15, 0.2) is 0 Å². The van der Waals surface area contributed by atoms with Crippen molar-refractivity contribution in [1.82, 2.24) is 10.2 Å². The lowest BCUT2D eigenvalue weighted by molar-refractivity contribution is -0.186. The predicted molar refractivity (Wildman–Crippen MR) is 73.8 cm³/mol. The van der Waals surface area contributed by atoms with E-state index in [2.05, 4.69) is 5.32 Å². The van der Waals surface area contributed by atoms with Gasteiger partial charge in [-0.05, 0) is 31.6 Å². The van der Waals surface area contributed by atoms with E-state index in [9.17, 15) is 22.8 Å². The second-order valence-corrected chi connectivity index (χ2v) is 6.31. The van der Waals surface area contributed by atoms with Crippen LogP contribution in [0.25, 0.3) is 0 Å². The van der Waals surface area contributed by atoms with Gasteiger partial charge in [0.1, 0.15) is 0 Å². The lowest BCUT2D eigenvalue weighted by atomic mass is 9.94. The van der Waals surface area contributed by atoms with Gasteiger partial charge in [-0.15, -0.1) is 0 Å². The number of likely N-dealkylation sites (tertiary alicyclic amines) is 1. The molecule has 1 saturated carbocycles. The molecule has 0 bridgehead atoms. The van der Waals surface area contributed by atoms with Crippen molar-refractivity contribution < 1.29 is 22.8 Å². The van der Waals surface area contributed by atoms with Crippen LogP contribution in [-0.4, -0.2) is 48.1 Å². The Hall–Kier alpha value is -1.31. The zero-order chi connectivity index (χ0) is 16.4. The zero-order valence-electron chi connectivity index (χ0n) is 12.4. The van der Waals surface area contributed by atoms with Gasteiger partial charge in [0.25, 0.3) is 0 Å². The Morgan fingerprint density at radius 1 is 1.18 bits per heavy atom. The van der Waals surface area contributed by atoms with E-state index in [0.717, 1.165) is 17.7 Å². The van der Waals surface area contributed by atoms with Crippen molar-refractivity contribution in [3.05, 3.63) is 0 Å². The van der Waals surface area contributed by atoms with Gasteiger partial charge in [-0.1, -0.05) is 12.8 Å². The van der Waals surface area contributed by atoms with E-state index in [-0.39, 0.29) is 24.9 Å². The van der Waals surface area contributed by atoms with E-state index < -0.39 is 17.6 Å². The summed E-state index contributed by atoms with van der Waals surface area (Å²) in [6, 6.07) is 0. The molecule has 5 nitrogen and oxygen atoms in total. The Morgan fingerprint density at radius 2 is 1.73 bits per heavy atom. The number of piperidine rings is 1. The standard InChI is InChI=1S/C14H22F3N3O2/c15-14(16,17)12(22)20-7-3-10(4-8-20)9-19-11(21)13(18)5-1-2-6-13/h10H,1-9,18H2,(H,19,21). The van der Waals surface area contributed by atoms with Crippen LogP contribution in [-0.2, 0) is 9.59 Å². The summed E-state index contributed by atoms with van der Waals surface area (Å²) in [4.78, 5) is 24.0. The van der Waals surface area contributed by atoms with Crippen LogP contribution < -0.4 is 11.1 Å². The molecule has 1 aliphatic heterocycles. The van der Waals surface area contributed by atoms with E-state index in [1.165, 1.54) is 0 Å². The normalized spacial score (nSPS) is 22.6. The number of hydrogen-bond donors (Lipinski definition) is 2. The number of nitrogens with two attached hydrogens (primary N) is 1. The fourth-order valence-corrected chi connectivity index (χ4v) is 3.17. The van der Waals surface area contributed by atoms with Gasteiger partial charge in [0.2, 0.25) is 5.91 Å². The van der Waals surface area contributed by atoms with Gasteiger partial charge in [-0.2, -0.15) is 13.2 Å². The summed E-state index contributed by atoms with van der Waals surface area (Å²) < 4.78 is 37.0. The van der Waals surface area contributed by atoms with Crippen molar-refractivity contribution in [1.29, 1.82) is 0 Å². The van der Waals surface area contributed by atoms with Crippen molar-refractivity contribution in [2.24, 2.45) is 11.7 Å². The summed E-state index contributed by atoms with van der Waals surface area (Å²) in [6.45, 7) is 0.561. The van der Waals surface area contributed by atoms with E-state index in [0.29, 0.717) is 32.2 Å². The van der Waals surface area contributed by atoms with Gasteiger partial charge in [0.15, 0.2) is 0 Å². The molecule has 1 heterocycles. The second-order valence-electron chi connectivity index (χ2n) is 6.31. The van der Waals surface area contributed by atoms with Gasteiger partial charge in [-0.3, -0.25) is 9.59 Å². The molecule has 3 N–H and O–H groups in total. The molecular formula is C14H22F3N3O2. The first kappa shape index (κ1) is 17.1. The van der Waals surface area contributed by atoms with E-state index >= 15 is 0 Å². The van der Waals surface area contributed by atoms with Gasteiger partial charge in [0.05, 0.1) is 5.54 Å². The highest BCUT2D eigenvalue weighted by atomic mass is 19.4. The maximum atomic E-state index is 12.3. The summed E-state index contributed by atoms with van der Waals surface area (Å²) in [5, 5.41) is 2.82. The first-order valence-corrected chi connectivity index (χ1v) is 7.66. The Morgan fingerprint density at radius 3 is 2.23 bits per heavy atom. The molecule has 0 unspecified atom stereocenters. The topological polar surface area (TPSA) is 75.4 Å². The fourth-order valence-electron chi connectivity index (χ4n) is 3.17. The van der Waals surface area contributed by atoms with Crippen LogP contribution in [0.3, 0.4) is 0 Å². The van der Waals surface area contributed by atoms with Crippen molar-refractivity contribution in [2.75, 3.05) is 19.6 Å². The molecule has 2 aliphatic rings. The molecule has 2 amide bonds. The van der Waals surface area contributed by atoms with Gasteiger partial charge < -0.3 is 16.0 Å². The molecule has 22 heavy (non-hydrogen) atoms. The third-order valence-electron chi connectivity index (χ3n) is 4.64. The van der Waals surface area contributed by atoms with Gasteiger partial charge >= 0.3 is 12.1 Å². The molecule has 8 heteroatoms. The minimum atomic E-state index is -4.81. The maximum Gasteiger partial charge on any atom is 0.471 e. The average molecular weight is 321 g/mol. The van der Waals surface area contributed by atoms with Crippen molar-refractivity contribution >= 4 is 11.8 Å². The van der Waals surface area contributed by atoms with Gasteiger partial charge in [-0.25, -0.2) is 0 Å². The van der Waals surface area contributed by atoms with Crippen LogP contribution in [0.5, 0.6) is 0 Å². The number of alkyl halides is 3. The first-order valence-electron chi connectivity index (χ1n) is 7.66. The van der Waals surface area contributed by atoms with Crippen LogP contribution >= 0.6 is 0 Å². The maximum absolute atomic E-state index is 12.3. The highest BCUT2D eigenvalue weighted by molar-refractivity contribution is 5.86. The quantitative estimate of drug-likeness (QED) is 0.819. The molecule has 0 radical (unpaired) electrons. The molecule has 0 spiro atoms. The largest absolute Gasteiger partial charge is 0.471 e. The summed E-state index contributed by atoms with van der Waals surface area (Å²) in [5.74, 6) is -1.85. The lowest BCUT2D eigenvalue weighted by Crippen LogP contribution is -2.53. The molecule has 1 saturated heterocycles. The zero-order valence-corrected chi connectivity index (χ0v) is 12.4. The molecule has 0 aromatic carbocycles. The van der Waals surface area contributed by atoms with Crippen molar-refractivity contribution in [3.8, 4) is 0 Å². The lowest BCUT2D eigenvalue weighted by Gasteiger charge is -2.33. The SMILES string of the molecule is NC1(C(=O)NCC2CCN(C(=O)C(F)(F)F)CC2)CCCC1. The van der Waals surface area contributed by atoms with Crippen molar-refractivity contribution in [3.63, 3.8) is 0 Å². The molecule has 2 rings (SSSR count). The number of carbonyl (C=O) groups is 2. The minimum Gasteiger partial charge on any atom is -0.354 e. The van der Waals surface area contributed by atoms with E-state index in [1.807, 2.05) is 0 Å². The highest BCUT2D eigenvalue weighted by Gasteiger charge is 2.43. The molecule has 1 aliphatic carbocycles. The molecular weight excluding hydrogens is 299 g/mol. The van der Waals surface area contributed by atoms with Crippen LogP contribution in [0.2, 0.25) is 0 Å². The molecule has 0 aromatic heterocycles. The average Bonchev–Trinajstić information content (AvgIpc) is 2.91. The number of nitrogens with one attached hydrogen (secondary N) is 1. The Kier molecular flexibility index (Phi) is 4.99. The smallest absolute Gasteiger partial charge is 0.354 e. The Labute approximate surface area is 127 Å². The summed E-state index contributed by atoms with van der Waals surface area (Å²) >= 11 is 0. The number of amides is 2. The number of nitrogens with zero attached hydrogens (tertiary/aromatic N) is 1. The third kappa shape index (κ3) is 3.91. The fraction of sp³-hybridized carbons (Fsp3) is 0.857. The first-order chi connectivity index (χ1) is 10.2. The number of hydrogen-bond acceptors (Lipinski definition) is 3. The van der Waals surface area contributed by atoms with E-state index in [1.54, 1.807) is 0 Å². The van der Waals surface area contributed by atoms with Crippen LogP contribution in [0, 0.1) is 5.92 Å². The van der Waals surface area contributed by atoms with Gasteiger partial charge in [0, 0.05) is 19.6 Å². The predicted octanol–water partition coefficient (Wildman–Crippen LogP) is 1.17.